The third-order valence-corrected chi connectivity index (χ3v) is 8.80. The highest BCUT2D eigenvalue weighted by molar-refractivity contribution is 7.92. The molecule has 0 bridgehead atoms. The van der Waals surface area contributed by atoms with Gasteiger partial charge in [0.05, 0.1) is 11.8 Å². The van der Waals surface area contributed by atoms with Crippen LogP contribution in [-0.2, 0) is 19.6 Å². The van der Waals surface area contributed by atoms with Crippen LogP contribution in [0.1, 0.15) is 61.1 Å². The van der Waals surface area contributed by atoms with Gasteiger partial charge in [0.15, 0.2) is 0 Å². The van der Waals surface area contributed by atoms with Crippen molar-refractivity contribution in [2.45, 2.75) is 45.3 Å². The van der Waals surface area contributed by atoms with Gasteiger partial charge in [-0.15, -0.1) is 0 Å². The molecule has 0 aromatic heterocycles. The first-order valence-electron chi connectivity index (χ1n) is 14.1. The standard InChI is InChI=1S/C32H37Cl2N3O5S/c1-32(2,3)42-29(38)8-5-17-35-31(39)25-6-4-7-28(18-25)36-43(40,41)21-22-19-37(20-22)30(23-9-13-26(33)14-10-23)24-11-15-27(34)16-12-24/h4,6-7,9-16,18,22,30,36H,5,8,17,19-21H2,1-3H3,(H,35,39). The summed E-state index contributed by atoms with van der Waals surface area (Å²) in [5.41, 5.74) is 2.21. The number of esters is 1. The van der Waals surface area contributed by atoms with Gasteiger partial charge in [0.2, 0.25) is 10.0 Å². The minimum Gasteiger partial charge on any atom is -0.460 e. The molecule has 0 spiro atoms. The largest absolute Gasteiger partial charge is 0.460 e. The Balaban J connectivity index is 1.30. The Hall–Kier alpha value is -3.11. The second kappa shape index (κ2) is 14.1. The molecule has 1 fully saturated rings. The molecule has 230 valence electrons. The number of ether oxygens (including phenoxy) is 1. The maximum absolute atomic E-state index is 13.0. The number of likely N-dealkylation sites (tertiary alicyclic amines) is 1. The van der Waals surface area contributed by atoms with Crippen molar-refractivity contribution in [3.8, 4) is 0 Å². The third kappa shape index (κ3) is 9.96. The average Bonchev–Trinajstić information content (AvgIpc) is 2.90. The number of hydrogen-bond acceptors (Lipinski definition) is 6. The van der Waals surface area contributed by atoms with Gasteiger partial charge in [-0.05, 0) is 80.8 Å². The van der Waals surface area contributed by atoms with Crippen molar-refractivity contribution in [2.75, 3.05) is 30.1 Å². The molecule has 2 N–H and O–H groups in total. The highest BCUT2D eigenvalue weighted by atomic mass is 35.5. The Bertz CT molecular complexity index is 1470. The van der Waals surface area contributed by atoms with Crippen LogP contribution in [0.15, 0.2) is 72.8 Å². The van der Waals surface area contributed by atoms with Crippen molar-refractivity contribution in [3.05, 3.63) is 99.5 Å². The van der Waals surface area contributed by atoms with E-state index in [1.165, 1.54) is 6.07 Å². The Kier molecular flexibility index (Phi) is 10.8. The second-order valence-corrected chi connectivity index (χ2v) is 14.4. The van der Waals surface area contributed by atoms with Crippen molar-refractivity contribution in [3.63, 3.8) is 0 Å². The lowest BCUT2D eigenvalue weighted by Crippen LogP contribution is -2.51. The molecule has 4 rings (SSSR count). The van der Waals surface area contributed by atoms with Crippen molar-refractivity contribution >= 4 is 50.8 Å². The first-order valence-corrected chi connectivity index (χ1v) is 16.5. The highest BCUT2D eigenvalue weighted by Crippen LogP contribution is 2.36. The third-order valence-electron chi connectivity index (χ3n) is 6.84. The Morgan fingerprint density at radius 3 is 2.09 bits per heavy atom. The fourth-order valence-corrected chi connectivity index (χ4v) is 6.67. The Morgan fingerprint density at radius 1 is 0.953 bits per heavy atom. The van der Waals surface area contributed by atoms with Gasteiger partial charge in [-0.3, -0.25) is 19.2 Å². The van der Waals surface area contributed by atoms with E-state index in [1.54, 1.807) is 39.0 Å². The quantitative estimate of drug-likeness (QED) is 0.177. The maximum Gasteiger partial charge on any atom is 0.306 e. The van der Waals surface area contributed by atoms with Gasteiger partial charge >= 0.3 is 5.97 Å². The van der Waals surface area contributed by atoms with Gasteiger partial charge in [0, 0.05) is 53.3 Å². The van der Waals surface area contributed by atoms with E-state index < -0.39 is 15.6 Å². The number of carbonyl (C=O) groups excluding carboxylic acids is 2. The molecule has 1 aliphatic heterocycles. The van der Waals surface area contributed by atoms with Gasteiger partial charge in [-0.2, -0.15) is 0 Å². The van der Waals surface area contributed by atoms with Crippen LogP contribution in [0.25, 0.3) is 0 Å². The summed E-state index contributed by atoms with van der Waals surface area (Å²) in [4.78, 5) is 26.7. The number of nitrogens with one attached hydrogen (secondary N) is 2. The molecule has 1 aliphatic rings. The summed E-state index contributed by atoms with van der Waals surface area (Å²) in [5.74, 6) is -0.775. The molecule has 1 amide bonds. The molecule has 3 aromatic rings. The second-order valence-electron chi connectivity index (χ2n) is 11.7. The number of halogens is 2. The molecular formula is C32H37Cl2N3O5S. The topological polar surface area (TPSA) is 105 Å². The summed E-state index contributed by atoms with van der Waals surface area (Å²) in [5, 5.41) is 4.06. The molecule has 11 heteroatoms. The number of hydrogen-bond donors (Lipinski definition) is 2. The normalized spacial score (nSPS) is 14.3. The van der Waals surface area contributed by atoms with Crippen molar-refractivity contribution in [1.29, 1.82) is 0 Å². The summed E-state index contributed by atoms with van der Waals surface area (Å²) >= 11 is 12.2. The van der Waals surface area contributed by atoms with Gasteiger partial charge in [-0.25, -0.2) is 8.42 Å². The number of sulfonamides is 1. The molecule has 1 heterocycles. The number of anilines is 1. The van der Waals surface area contributed by atoms with Crippen LogP contribution in [0.3, 0.4) is 0 Å². The smallest absolute Gasteiger partial charge is 0.306 e. The molecule has 0 aliphatic carbocycles. The molecule has 0 unspecified atom stereocenters. The highest BCUT2D eigenvalue weighted by Gasteiger charge is 2.36. The zero-order valence-corrected chi connectivity index (χ0v) is 26.8. The lowest BCUT2D eigenvalue weighted by atomic mass is 9.91. The molecule has 1 saturated heterocycles. The SMILES string of the molecule is CC(C)(C)OC(=O)CCCNC(=O)c1cccc(NS(=O)(=O)CC2CN(C(c3ccc(Cl)cc3)c3ccc(Cl)cc3)C2)c1. The molecule has 3 aromatic carbocycles. The summed E-state index contributed by atoms with van der Waals surface area (Å²) in [7, 11) is -3.67. The van der Waals surface area contributed by atoms with Crippen LogP contribution in [0.2, 0.25) is 10.0 Å². The first kappa shape index (κ1) is 32.8. The van der Waals surface area contributed by atoms with Crippen LogP contribution in [0, 0.1) is 5.92 Å². The summed E-state index contributed by atoms with van der Waals surface area (Å²) in [6, 6.07) is 21.6. The minimum atomic E-state index is -3.67. The van der Waals surface area contributed by atoms with Gasteiger partial charge in [-0.1, -0.05) is 53.5 Å². The monoisotopic (exact) mass is 645 g/mol. The van der Waals surface area contributed by atoms with Gasteiger partial charge in [0.1, 0.15) is 5.60 Å². The van der Waals surface area contributed by atoms with E-state index in [-0.39, 0.29) is 36.0 Å². The minimum absolute atomic E-state index is 0.0431. The predicted octanol–water partition coefficient (Wildman–Crippen LogP) is 6.31. The molecule has 0 saturated carbocycles. The average molecular weight is 647 g/mol. The summed E-state index contributed by atoms with van der Waals surface area (Å²) in [6.45, 7) is 6.90. The van der Waals surface area contributed by atoms with Crippen LogP contribution in [0.5, 0.6) is 0 Å². The van der Waals surface area contributed by atoms with Gasteiger partial charge < -0.3 is 10.1 Å². The van der Waals surface area contributed by atoms with E-state index in [0.717, 1.165) is 11.1 Å². The van der Waals surface area contributed by atoms with E-state index in [2.05, 4.69) is 14.9 Å². The Labute approximate surface area is 263 Å². The first-order chi connectivity index (χ1) is 20.3. The van der Waals surface area contributed by atoms with E-state index >= 15 is 0 Å². The molecule has 43 heavy (non-hydrogen) atoms. The zero-order valence-electron chi connectivity index (χ0n) is 24.5. The lowest BCUT2D eigenvalue weighted by Gasteiger charge is -2.44. The summed E-state index contributed by atoms with van der Waals surface area (Å²) < 4.78 is 34.0. The number of rotatable bonds is 12. The van der Waals surface area contributed by atoms with Crippen LogP contribution < -0.4 is 10.0 Å². The molecule has 0 radical (unpaired) electrons. The van der Waals surface area contributed by atoms with Crippen LogP contribution in [-0.4, -0.2) is 56.2 Å². The van der Waals surface area contributed by atoms with Crippen LogP contribution in [0.4, 0.5) is 5.69 Å². The molecule has 8 nitrogen and oxygen atoms in total. The number of benzene rings is 3. The summed E-state index contributed by atoms with van der Waals surface area (Å²) in [6.07, 6.45) is 0.623. The fraction of sp³-hybridized carbons (Fsp3) is 0.375. The van der Waals surface area contributed by atoms with Crippen molar-refractivity contribution < 1.29 is 22.7 Å². The molecule has 0 atom stereocenters. The number of nitrogens with zero attached hydrogens (tertiary/aromatic N) is 1. The predicted molar refractivity (Wildman–Crippen MR) is 171 cm³/mol. The lowest BCUT2D eigenvalue weighted by molar-refractivity contribution is -0.154. The van der Waals surface area contributed by atoms with Crippen molar-refractivity contribution in [1.82, 2.24) is 10.2 Å². The van der Waals surface area contributed by atoms with E-state index in [4.69, 9.17) is 27.9 Å². The van der Waals surface area contributed by atoms with Gasteiger partial charge in [0.25, 0.3) is 5.91 Å². The Morgan fingerprint density at radius 2 is 1.53 bits per heavy atom. The van der Waals surface area contributed by atoms with Crippen molar-refractivity contribution in [2.24, 2.45) is 5.92 Å². The van der Waals surface area contributed by atoms with E-state index in [1.807, 2.05) is 48.5 Å². The maximum atomic E-state index is 13.0. The number of carbonyl (C=O) groups is 2. The number of amides is 1. The van der Waals surface area contributed by atoms with Crippen LogP contribution >= 0.6 is 23.2 Å². The van der Waals surface area contributed by atoms with E-state index in [9.17, 15) is 18.0 Å². The fourth-order valence-electron chi connectivity index (χ4n) is 5.01. The zero-order chi connectivity index (χ0) is 31.2. The van der Waals surface area contributed by atoms with E-state index in [0.29, 0.717) is 47.4 Å². The molecular weight excluding hydrogens is 609 g/mol.